The number of amides is 1. The van der Waals surface area contributed by atoms with Gasteiger partial charge in [0.05, 0.1) is 12.8 Å². The van der Waals surface area contributed by atoms with Crippen LogP contribution in [-0.2, 0) is 4.74 Å². The van der Waals surface area contributed by atoms with Gasteiger partial charge in [0.25, 0.3) is 5.91 Å². The van der Waals surface area contributed by atoms with Gasteiger partial charge >= 0.3 is 5.89 Å². The molecule has 0 aliphatic carbocycles. The summed E-state index contributed by atoms with van der Waals surface area (Å²) in [5.41, 5.74) is 0.858. The largest absolute Gasteiger partial charge is 0.488 e. The van der Waals surface area contributed by atoms with E-state index in [1.807, 2.05) is 6.92 Å². The Morgan fingerprint density at radius 2 is 2.06 bits per heavy atom. The average molecular weight is 512 g/mol. The van der Waals surface area contributed by atoms with E-state index in [2.05, 4.69) is 20.5 Å². The zero-order chi connectivity index (χ0) is 24.8. The Bertz CT molecular complexity index is 1380. The van der Waals surface area contributed by atoms with Crippen molar-refractivity contribution in [1.29, 1.82) is 5.26 Å². The number of halogens is 1. The summed E-state index contributed by atoms with van der Waals surface area (Å²) in [6, 6.07) is 13.5. The third-order valence-corrected chi connectivity index (χ3v) is 5.45. The molecule has 1 atom stereocenters. The Kier molecular flexibility index (Phi) is 7.57. The van der Waals surface area contributed by atoms with Crippen molar-refractivity contribution in [3.63, 3.8) is 0 Å². The summed E-state index contributed by atoms with van der Waals surface area (Å²) in [6.45, 7) is 2.21. The molecule has 10 nitrogen and oxygen atoms in total. The molecule has 0 bridgehead atoms. The summed E-state index contributed by atoms with van der Waals surface area (Å²) in [7, 11) is 1.58. The number of carbonyl (C=O) groups is 1. The number of anilines is 1. The standard InChI is InChI=1S/C23H18ClN5O5S/c1-13(12-31-2)32-17-7-15(21(30)27-23-26-11-19(24)35-23)8-18(9-17)33-16-5-3-4-14(6-16)22-29-28-20(10-25)34-22/h3-9,11,13H,12H2,1-2H3,(H,26,27,30). The van der Waals surface area contributed by atoms with Gasteiger partial charge in [0.1, 0.15) is 27.7 Å². The quantitative estimate of drug-likeness (QED) is 0.322. The van der Waals surface area contributed by atoms with Crippen LogP contribution in [0.25, 0.3) is 11.5 Å². The normalized spacial score (nSPS) is 11.5. The summed E-state index contributed by atoms with van der Waals surface area (Å²) in [6.07, 6.45) is 1.19. The SMILES string of the molecule is COCC(C)Oc1cc(Oc2cccc(-c3nnc(C#N)o3)c2)cc(C(=O)Nc2ncc(Cl)s2)c1. The van der Waals surface area contributed by atoms with Crippen molar-refractivity contribution < 1.29 is 23.4 Å². The van der Waals surface area contributed by atoms with Crippen molar-refractivity contribution in [2.75, 3.05) is 19.0 Å². The molecule has 12 heteroatoms. The van der Waals surface area contributed by atoms with Crippen LogP contribution in [0.5, 0.6) is 17.2 Å². The molecule has 1 unspecified atom stereocenters. The lowest BCUT2D eigenvalue weighted by atomic mass is 10.1. The van der Waals surface area contributed by atoms with E-state index in [4.69, 9.17) is 35.5 Å². The summed E-state index contributed by atoms with van der Waals surface area (Å²) in [5.74, 6) is 0.850. The van der Waals surface area contributed by atoms with Crippen LogP contribution in [0.1, 0.15) is 23.2 Å². The van der Waals surface area contributed by atoms with Gasteiger partial charge in [-0.05, 0) is 37.3 Å². The number of nitriles is 1. The number of hydrogen-bond acceptors (Lipinski definition) is 10. The number of nitrogens with zero attached hydrogens (tertiary/aromatic N) is 4. The zero-order valence-corrected chi connectivity index (χ0v) is 20.1. The minimum absolute atomic E-state index is 0.140. The molecule has 0 radical (unpaired) electrons. The number of benzene rings is 2. The third-order valence-electron chi connectivity index (χ3n) is 4.42. The molecule has 2 heterocycles. The molecule has 178 valence electrons. The second-order valence-electron chi connectivity index (χ2n) is 7.15. The van der Waals surface area contributed by atoms with Crippen LogP contribution in [0, 0.1) is 11.3 Å². The predicted molar refractivity (Wildman–Crippen MR) is 128 cm³/mol. The van der Waals surface area contributed by atoms with Crippen molar-refractivity contribution in [3.05, 3.63) is 64.5 Å². The smallest absolute Gasteiger partial charge is 0.321 e. The molecule has 0 saturated carbocycles. The molecule has 4 aromatic rings. The highest BCUT2D eigenvalue weighted by Gasteiger charge is 2.15. The molecular formula is C23H18ClN5O5S. The van der Waals surface area contributed by atoms with E-state index in [1.165, 1.54) is 6.20 Å². The minimum atomic E-state index is -0.408. The van der Waals surface area contributed by atoms with Gasteiger partial charge in [-0.15, -0.1) is 5.10 Å². The van der Waals surface area contributed by atoms with Gasteiger partial charge in [0, 0.05) is 24.3 Å². The first-order valence-corrected chi connectivity index (χ1v) is 11.4. The first kappa shape index (κ1) is 24.2. The number of carbonyl (C=O) groups excluding carboxylic acids is 1. The van der Waals surface area contributed by atoms with Gasteiger partial charge in [0.2, 0.25) is 5.89 Å². The van der Waals surface area contributed by atoms with E-state index >= 15 is 0 Å². The van der Waals surface area contributed by atoms with Crippen LogP contribution in [-0.4, -0.2) is 40.9 Å². The van der Waals surface area contributed by atoms with Crippen molar-refractivity contribution >= 4 is 34.0 Å². The number of thiazole rings is 1. The topological polar surface area (TPSA) is 132 Å². The van der Waals surface area contributed by atoms with Crippen LogP contribution < -0.4 is 14.8 Å². The highest BCUT2D eigenvalue weighted by atomic mass is 35.5. The molecule has 0 fully saturated rings. The van der Waals surface area contributed by atoms with E-state index in [9.17, 15) is 4.79 Å². The molecule has 2 aromatic heterocycles. The summed E-state index contributed by atoms with van der Waals surface area (Å²) >= 11 is 7.05. The maximum Gasteiger partial charge on any atom is 0.321 e. The minimum Gasteiger partial charge on any atom is -0.488 e. The molecule has 1 N–H and O–H groups in total. The fourth-order valence-electron chi connectivity index (χ4n) is 3.03. The maximum atomic E-state index is 12.9. The molecule has 4 rings (SSSR count). The van der Waals surface area contributed by atoms with Crippen molar-refractivity contribution in [2.45, 2.75) is 13.0 Å². The highest BCUT2D eigenvalue weighted by molar-refractivity contribution is 7.19. The van der Waals surface area contributed by atoms with Crippen LogP contribution in [0.3, 0.4) is 0 Å². The van der Waals surface area contributed by atoms with E-state index < -0.39 is 5.91 Å². The number of hydrogen-bond donors (Lipinski definition) is 1. The molecular weight excluding hydrogens is 494 g/mol. The van der Waals surface area contributed by atoms with E-state index in [0.29, 0.717) is 44.5 Å². The molecule has 0 aliphatic heterocycles. The second kappa shape index (κ2) is 11.0. The number of aromatic nitrogens is 3. The zero-order valence-electron chi connectivity index (χ0n) is 18.5. The number of ether oxygens (including phenoxy) is 3. The second-order valence-corrected chi connectivity index (χ2v) is 8.82. The Balaban J connectivity index is 1.61. The predicted octanol–water partition coefficient (Wildman–Crippen LogP) is 5.18. The molecule has 0 spiro atoms. The van der Waals surface area contributed by atoms with Gasteiger partial charge in [0.15, 0.2) is 11.2 Å². The molecule has 35 heavy (non-hydrogen) atoms. The number of nitrogens with one attached hydrogen (secondary N) is 1. The number of methoxy groups -OCH3 is 1. The van der Waals surface area contributed by atoms with Crippen molar-refractivity contribution in [1.82, 2.24) is 15.2 Å². The molecule has 2 aromatic carbocycles. The Morgan fingerprint density at radius 3 is 2.77 bits per heavy atom. The first-order valence-electron chi connectivity index (χ1n) is 10.2. The fourth-order valence-corrected chi connectivity index (χ4v) is 3.83. The number of rotatable bonds is 9. The lowest BCUT2D eigenvalue weighted by Gasteiger charge is -2.16. The van der Waals surface area contributed by atoms with E-state index in [1.54, 1.807) is 55.6 Å². The van der Waals surface area contributed by atoms with Gasteiger partial charge < -0.3 is 18.6 Å². The van der Waals surface area contributed by atoms with E-state index in [0.717, 1.165) is 11.3 Å². The monoisotopic (exact) mass is 511 g/mol. The summed E-state index contributed by atoms with van der Waals surface area (Å²) in [4.78, 5) is 16.9. The maximum absolute atomic E-state index is 12.9. The van der Waals surface area contributed by atoms with Gasteiger partial charge in [-0.2, -0.15) is 5.26 Å². The van der Waals surface area contributed by atoms with Gasteiger partial charge in [-0.25, -0.2) is 4.98 Å². The van der Waals surface area contributed by atoms with Crippen LogP contribution in [0.4, 0.5) is 5.13 Å². The molecule has 0 saturated heterocycles. The third kappa shape index (κ3) is 6.33. The highest BCUT2D eigenvalue weighted by Crippen LogP contribution is 2.31. The molecule has 1 amide bonds. The van der Waals surface area contributed by atoms with Gasteiger partial charge in [-0.3, -0.25) is 10.1 Å². The summed E-state index contributed by atoms with van der Waals surface area (Å²) < 4.78 is 22.8. The fraction of sp³-hybridized carbons (Fsp3) is 0.174. The van der Waals surface area contributed by atoms with Crippen LogP contribution in [0.15, 0.2) is 53.1 Å². The van der Waals surface area contributed by atoms with Gasteiger partial charge in [-0.1, -0.05) is 34.1 Å². The Hall–Kier alpha value is -3.98. The Morgan fingerprint density at radius 1 is 1.23 bits per heavy atom. The summed E-state index contributed by atoms with van der Waals surface area (Å²) in [5, 5.41) is 19.5. The lowest BCUT2D eigenvalue weighted by Crippen LogP contribution is -2.18. The first-order chi connectivity index (χ1) is 16.9. The van der Waals surface area contributed by atoms with E-state index in [-0.39, 0.29) is 17.9 Å². The molecule has 0 aliphatic rings. The van der Waals surface area contributed by atoms with Crippen molar-refractivity contribution in [3.8, 4) is 34.8 Å². The Labute approximate surface area is 209 Å². The lowest BCUT2D eigenvalue weighted by molar-refractivity contribution is 0.0916. The van der Waals surface area contributed by atoms with Crippen LogP contribution >= 0.6 is 22.9 Å². The van der Waals surface area contributed by atoms with Crippen molar-refractivity contribution in [2.24, 2.45) is 0 Å². The average Bonchev–Trinajstić information content (AvgIpc) is 3.48. The van der Waals surface area contributed by atoms with Crippen LogP contribution in [0.2, 0.25) is 4.34 Å².